The summed E-state index contributed by atoms with van der Waals surface area (Å²) in [7, 11) is 0. The number of quaternary nitrogens is 1. The maximum Gasteiger partial charge on any atom is 0.317 e. The molecular weight excluding hydrogens is 685 g/mol. The van der Waals surface area contributed by atoms with Crippen molar-refractivity contribution < 1.29 is 5.32 Å². The van der Waals surface area contributed by atoms with E-state index in [1.807, 2.05) is 37.8 Å². The molecule has 266 valence electrons. The minimum absolute atomic E-state index is 0.646. The van der Waals surface area contributed by atoms with Crippen molar-refractivity contribution in [2.75, 3.05) is 0 Å². The van der Waals surface area contributed by atoms with Crippen molar-refractivity contribution in [3.63, 3.8) is 0 Å². The molecule has 1 aliphatic carbocycles. The maximum absolute atomic E-state index is 6.56. The highest BCUT2D eigenvalue weighted by molar-refractivity contribution is 6.12. The topological polar surface area (TPSA) is 79.5 Å². The van der Waals surface area contributed by atoms with E-state index in [1.165, 1.54) is 66.5 Å². The number of allylic oxidation sites excluding steroid dienone is 3. The number of nitrogens with two attached hydrogens (primary N) is 2. The molecule has 3 aliphatic rings. The van der Waals surface area contributed by atoms with Crippen LogP contribution in [0.25, 0.3) is 61.5 Å². The fraction of sp³-hybridized carbons (Fsp3) is 0.0600. The van der Waals surface area contributed by atoms with Crippen LogP contribution >= 0.6 is 0 Å². The number of hydrogen-bond acceptors (Lipinski definition) is 2. The predicted octanol–water partition coefficient (Wildman–Crippen LogP) is 8.34. The lowest BCUT2D eigenvalue weighted by Gasteiger charge is -2.34. The quantitative estimate of drug-likeness (QED) is 0.134. The summed E-state index contributed by atoms with van der Waals surface area (Å²) in [5, 5.41) is 4.66. The lowest BCUT2D eigenvalue weighted by Crippen LogP contribution is -2.77. The van der Waals surface area contributed by atoms with Gasteiger partial charge in [-0.05, 0) is 106 Å². The molecule has 4 N–H and O–H groups in total. The van der Waals surface area contributed by atoms with E-state index in [-0.39, 0.29) is 0 Å². The van der Waals surface area contributed by atoms with Crippen LogP contribution in [0.15, 0.2) is 164 Å². The monoisotopic (exact) mass is 722 g/mol. The van der Waals surface area contributed by atoms with Crippen LogP contribution < -0.4 is 15.7 Å². The highest BCUT2D eigenvalue weighted by Gasteiger charge is 2.47. The van der Waals surface area contributed by atoms with Crippen LogP contribution in [0.3, 0.4) is 0 Å². The van der Waals surface area contributed by atoms with Crippen molar-refractivity contribution in [3.8, 4) is 33.6 Å². The van der Waals surface area contributed by atoms with Crippen LogP contribution in [0.2, 0.25) is 0 Å². The summed E-state index contributed by atoms with van der Waals surface area (Å²) in [6.45, 7) is 2.96. The van der Waals surface area contributed by atoms with Gasteiger partial charge in [0.15, 0.2) is 0 Å². The van der Waals surface area contributed by atoms with Crippen LogP contribution in [0.4, 0.5) is 0 Å². The lowest BCUT2D eigenvalue weighted by molar-refractivity contribution is -0.605. The molecular formula is C50H38N6+2. The molecule has 0 bridgehead atoms. The Morgan fingerprint density at radius 2 is 1.52 bits per heavy atom. The Morgan fingerprint density at radius 1 is 0.750 bits per heavy atom. The molecule has 6 heteroatoms. The van der Waals surface area contributed by atoms with E-state index in [9.17, 15) is 0 Å². The Hall–Kier alpha value is -7.24. The summed E-state index contributed by atoms with van der Waals surface area (Å²) in [6, 6.07) is 44.4. The summed E-state index contributed by atoms with van der Waals surface area (Å²) in [4.78, 5) is 4.63. The highest BCUT2D eigenvalue weighted by atomic mass is 15.1. The number of aromatic nitrogens is 3. The summed E-state index contributed by atoms with van der Waals surface area (Å²) in [5.74, 6) is 0. The minimum atomic E-state index is -0.646. The first-order valence-electron chi connectivity index (χ1n) is 19.2. The molecule has 0 saturated carbocycles. The number of para-hydroxylation sites is 1. The Kier molecular flexibility index (Phi) is 7.13. The summed E-state index contributed by atoms with van der Waals surface area (Å²) >= 11 is 0. The third-order valence-electron chi connectivity index (χ3n) is 12.0. The molecule has 1 atom stereocenters. The third-order valence-corrected chi connectivity index (χ3v) is 12.0. The van der Waals surface area contributed by atoms with Crippen molar-refractivity contribution in [1.82, 2.24) is 18.8 Å². The molecule has 0 radical (unpaired) electrons. The summed E-state index contributed by atoms with van der Waals surface area (Å²) in [6.07, 6.45) is 18.1. The minimum Gasteiger partial charge on any atom is -0.404 e. The second-order valence-electron chi connectivity index (χ2n) is 14.7. The van der Waals surface area contributed by atoms with Crippen LogP contribution in [0, 0.1) is 0 Å². The number of nitrogens with zero attached hydrogens (tertiary/aromatic N) is 4. The average Bonchev–Trinajstić information content (AvgIpc) is 4.01. The Labute approximate surface area is 324 Å². The zero-order valence-electron chi connectivity index (χ0n) is 30.9. The zero-order chi connectivity index (χ0) is 37.4. The molecule has 5 aromatic carbocycles. The van der Waals surface area contributed by atoms with Crippen LogP contribution in [-0.2, 0) is 12.0 Å². The fourth-order valence-electron chi connectivity index (χ4n) is 9.63. The number of benzene rings is 5. The Balaban J connectivity index is 1.06. The molecule has 0 amide bonds. The predicted molar refractivity (Wildman–Crippen MR) is 229 cm³/mol. The molecule has 5 heterocycles. The van der Waals surface area contributed by atoms with Crippen molar-refractivity contribution in [1.29, 1.82) is 0 Å². The molecule has 8 aromatic rings. The SMILES string of the molecule is CC=CC(=CN)C1(c2cccnc2)c2ccccc2-c2cc3c4ccccc4n(-c4ccc(-c5ccc(-n6c7c(c8c6C[NH2+]C=C8)C=[N+]=C7)cc5)cc4)c3cc21. The van der Waals surface area contributed by atoms with Gasteiger partial charge in [0, 0.05) is 46.2 Å². The first-order valence-corrected chi connectivity index (χ1v) is 19.2. The Bertz CT molecular complexity index is 3060. The second kappa shape index (κ2) is 12.4. The zero-order valence-corrected chi connectivity index (χ0v) is 30.9. The molecule has 6 nitrogen and oxygen atoms in total. The van der Waals surface area contributed by atoms with E-state index in [0.29, 0.717) is 0 Å². The van der Waals surface area contributed by atoms with Crippen molar-refractivity contribution in [2.45, 2.75) is 18.9 Å². The van der Waals surface area contributed by atoms with Crippen molar-refractivity contribution in [2.24, 2.45) is 5.73 Å². The van der Waals surface area contributed by atoms with Gasteiger partial charge in [0.05, 0.1) is 33.9 Å². The number of fused-ring (bicyclic) bond motifs is 9. The van der Waals surface area contributed by atoms with Gasteiger partial charge in [0.2, 0.25) is 0 Å². The number of pyridine rings is 1. The number of hydrogen-bond donors (Lipinski definition) is 2. The first kappa shape index (κ1) is 32.2. The molecule has 1 unspecified atom stereocenters. The van der Waals surface area contributed by atoms with Gasteiger partial charge in [-0.2, -0.15) is 0 Å². The molecule has 2 aliphatic heterocycles. The maximum atomic E-state index is 6.56. The first-order chi connectivity index (χ1) is 27.7. The summed E-state index contributed by atoms with van der Waals surface area (Å²) < 4.78 is 9.24. The molecule has 0 saturated heterocycles. The van der Waals surface area contributed by atoms with Gasteiger partial charge in [-0.3, -0.25) is 4.98 Å². The van der Waals surface area contributed by atoms with Gasteiger partial charge in [-0.25, -0.2) is 0 Å². The molecule has 3 aromatic heterocycles. The van der Waals surface area contributed by atoms with Gasteiger partial charge >= 0.3 is 12.4 Å². The van der Waals surface area contributed by atoms with Gasteiger partial charge in [-0.1, -0.05) is 89.6 Å². The van der Waals surface area contributed by atoms with Crippen LogP contribution in [-0.4, -0.2) is 26.5 Å². The third kappa shape index (κ3) is 4.42. The van der Waals surface area contributed by atoms with Gasteiger partial charge < -0.3 is 20.2 Å². The lowest BCUT2D eigenvalue weighted by atomic mass is 9.67. The Morgan fingerprint density at radius 3 is 2.29 bits per heavy atom. The normalized spacial score (nSPS) is 16.6. The van der Waals surface area contributed by atoms with E-state index in [1.54, 1.807) is 6.20 Å². The van der Waals surface area contributed by atoms with E-state index in [2.05, 4.69) is 164 Å². The van der Waals surface area contributed by atoms with E-state index >= 15 is 0 Å². The molecule has 0 spiro atoms. The average molecular weight is 723 g/mol. The van der Waals surface area contributed by atoms with E-state index < -0.39 is 5.41 Å². The van der Waals surface area contributed by atoms with Crippen molar-refractivity contribution in [3.05, 3.63) is 203 Å². The van der Waals surface area contributed by atoms with Crippen molar-refractivity contribution >= 4 is 40.3 Å². The van der Waals surface area contributed by atoms with Gasteiger partial charge in [0.1, 0.15) is 12.2 Å². The summed E-state index contributed by atoms with van der Waals surface area (Å²) in [5.41, 5.74) is 24.7. The number of rotatable bonds is 6. The standard InChI is InChI=1S/C50H37N6/c1-2-8-34(27-51)50(35-9-7-23-52-28-35)44-12-5-3-10-38(44)41-25-42-39-11-4-6-13-46(39)55(47(42)26-45(41)50)36-18-14-32(15-19-36)33-16-20-37(21-17-33)56-48-30-53-24-22-40(48)43-29-54-31-49(43)56/h2-29,31,53H,30,51H2,1H3/q+1/p+1. The largest absolute Gasteiger partial charge is 0.404 e. The fourth-order valence-corrected chi connectivity index (χ4v) is 9.63. The van der Waals surface area contributed by atoms with Crippen LogP contribution in [0.1, 0.15) is 46.1 Å². The van der Waals surface area contributed by atoms with Gasteiger partial charge in [-0.15, -0.1) is 0 Å². The van der Waals surface area contributed by atoms with Crippen LogP contribution in [0.5, 0.6) is 0 Å². The highest BCUT2D eigenvalue weighted by Crippen LogP contribution is 2.57. The van der Waals surface area contributed by atoms with E-state index in [4.69, 9.17) is 5.73 Å². The molecule has 0 fully saturated rings. The molecule has 56 heavy (non-hydrogen) atoms. The van der Waals surface area contributed by atoms with Gasteiger partial charge in [0.25, 0.3) is 0 Å². The molecule has 11 rings (SSSR count). The second-order valence-corrected chi connectivity index (χ2v) is 14.7. The van der Waals surface area contributed by atoms with E-state index in [0.717, 1.165) is 40.3 Å². The smallest absolute Gasteiger partial charge is 0.317 e.